The van der Waals surface area contributed by atoms with Crippen molar-refractivity contribution in [1.82, 2.24) is 10.2 Å². The van der Waals surface area contributed by atoms with E-state index in [0.29, 0.717) is 6.54 Å². The van der Waals surface area contributed by atoms with Gasteiger partial charge in [0.15, 0.2) is 0 Å². The summed E-state index contributed by atoms with van der Waals surface area (Å²) in [5.74, 6) is 0.0696. The normalized spacial score (nSPS) is 17.7. The number of nitrogens with two attached hydrogens (primary N) is 1. The maximum absolute atomic E-state index is 12.1. The summed E-state index contributed by atoms with van der Waals surface area (Å²) < 4.78 is 5.30. The van der Waals surface area contributed by atoms with E-state index in [0.717, 1.165) is 37.3 Å². The minimum Gasteiger partial charge on any atom is -0.399 e. The van der Waals surface area contributed by atoms with Crippen LogP contribution in [-0.4, -0.2) is 43.7 Å². The van der Waals surface area contributed by atoms with Gasteiger partial charge >= 0.3 is 0 Å². The summed E-state index contributed by atoms with van der Waals surface area (Å²) in [6.45, 7) is 3.94. The smallest absolute Gasteiger partial charge is 0.234 e. The Hall–Kier alpha value is -1.59. The molecule has 0 aromatic heterocycles. The molecule has 1 unspecified atom stereocenters. The number of amides is 1. The monoisotopic (exact) mass is 291 g/mol. The van der Waals surface area contributed by atoms with Crippen LogP contribution in [-0.2, 0) is 9.53 Å². The van der Waals surface area contributed by atoms with Crippen molar-refractivity contribution < 1.29 is 9.53 Å². The molecule has 116 valence electrons. The number of likely N-dealkylation sites (N-methyl/N-ethyl adjacent to an activating group) is 1. The highest BCUT2D eigenvalue weighted by molar-refractivity contribution is 5.78. The molecule has 1 aromatic rings. The van der Waals surface area contributed by atoms with Crippen LogP contribution in [0.3, 0.4) is 0 Å². The van der Waals surface area contributed by atoms with Crippen molar-refractivity contribution in [3.63, 3.8) is 0 Å². The molecule has 1 fully saturated rings. The van der Waals surface area contributed by atoms with Gasteiger partial charge in [0.1, 0.15) is 0 Å². The topological polar surface area (TPSA) is 67.6 Å². The SMILES string of the molecule is CC(c1cccc(N)c1)N(C)CC(=O)NC1CCOCC1. The van der Waals surface area contributed by atoms with Gasteiger partial charge in [-0.3, -0.25) is 9.69 Å². The van der Waals surface area contributed by atoms with Gasteiger partial charge in [-0.2, -0.15) is 0 Å². The van der Waals surface area contributed by atoms with Crippen molar-refractivity contribution in [3.05, 3.63) is 29.8 Å². The predicted molar refractivity (Wildman–Crippen MR) is 83.9 cm³/mol. The fourth-order valence-corrected chi connectivity index (χ4v) is 2.55. The van der Waals surface area contributed by atoms with Crippen molar-refractivity contribution in [1.29, 1.82) is 0 Å². The van der Waals surface area contributed by atoms with Crippen molar-refractivity contribution >= 4 is 11.6 Å². The Labute approximate surface area is 126 Å². The number of anilines is 1. The van der Waals surface area contributed by atoms with Gasteiger partial charge in [0, 0.05) is 31.0 Å². The Morgan fingerprint density at radius 2 is 2.19 bits per heavy atom. The van der Waals surface area contributed by atoms with E-state index in [1.807, 2.05) is 36.2 Å². The van der Waals surface area contributed by atoms with Gasteiger partial charge in [0.2, 0.25) is 5.91 Å². The molecule has 0 radical (unpaired) electrons. The third-order valence-corrected chi connectivity index (χ3v) is 4.03. The standard InChI is InChI=1S/C16H25N3O2/c1-12(13-4-3-5-14(17)10-13)19(2)11-16(20)18-15-6-8-21-9-7-15/h3-5,10,12,15H,6-9,11,17H2,1-2H3,(H,18,20). The van der Waals surface area contributed by atoms with Crippen LogP contribution in [0, 0.1) is 0 Å². The maximum Gasteiger partial charge on any atom is 0.234 e. The van der Waals surface area contributed by atoms with E-state index in [2.05, 4.69) is 12.2 Å². The lowest BCUT2D eigenvalue weighted by molar-refractivity contribution is -0.123. The van der Waals surface area contributed by atoms with E-state index in [-0.39, 0.29) is 18.0 Å². The first-order valence-corrected chi connectivity index (χ1v) is 7.49. The van der Waals surface area contributed by atoms with Crippen LogP contribution in [0.1, 0.15) is 31.4 Å². The van der Waals surface area contributed by atoms with Crippen LogP contribution >= 0.6 is 0 Å². The molecule has 1 heterocycles. The van der Waals surface area contributed by atoms with Crippen LogP contribution in [0.4, 0.5) is 5.69 Å². The molecule has 1 aliphatic heterocycles. The van der Waals surface area contributed by atoms with Gasteiger partial charge in [0.05, 0.1) is 6.54 Å². The molecular formula is C16H25N3O2. The second-order valence-corrected chi connectivity index (χ2v) is 5.72. The number of ether oxygens (including phenoxy) is 1. The first kappa shape index (κ1) is 15.8. The summed E-state index contributed by atoms with van der Waals surface area (Å²) in [6.07, 6.45) is 1.81. The second kappa shape index (κ2) is 7.43. The Bertz CT molecular complexity index is 472. The molecule has 0 bridgehead atoms. The Kier molecular flexibility index (Phi) is 5.59. The van der Waals surface area contributed by atoms with Crippen LogP contribution in [0.15, 0.2) is 24.3 Å². The summed E-state index contributed by atoms with van der Waals surface area (Å²) >= 11 is 0. The van der Waals surface area contributed by atoms with Crippen molar-refractivity contribution in [3.8, 4) is 0 Å². The van der Waals surface area contributed by atoms with Gasteiger partial charge in [-0.25, -0.2) is 0 Å². The van der Waals surface area contributed by atoms with Crippen LogP contribution < -0.4 is 11.1 Å². The first-order valence-electron chi connectivity index (χ1n) is 7.49. The Morgan fingerprint density at radius 1 is 1.48 bits per heavy atom. The van der Waals surface area contributed by atoms with Crippen LogP contribution in [0.2, 0.25) is 0 Å². The number of nitrogens with zero attached hydrogens (tertiary/aromatic N) is 1. The summed E-state index contributed by atoms with van der Waals surface area (Å²) in [6, 6.07) is 8.20. The van der Waals surface area contributed by atoms with Crippen molar-refractivity contribution in [2.24, 2.45) is 0 Å². The number of hydrogen-bond acceptors (Lipinski definition) is 4. The average molecular weight is 291 g/mol. The number of hydrogen-bond donors (Lipinski definition) is 2. The highest BCUT2D eigenvalue weighted by Gasteiger charge is 2.19. The number of nitrogen functional groups attached to an aromatic ring is 1. The molecule has 2 rings (SSSR count). The molecule has 0 spiro atoms. The fourth-order valence-electron chi connectivity index (χ4n) is 2.55. The number of carbonyl (C=O) groups excluding carboxylic acids is 1. The zero-order chi connectivity index (χ0) is 15.2. The summed E-state index contributed by atoms with van der Waals surface area (Å²) in [7, 11) is 1.96. The molecule has 1 aliphatic rings. The molecule has 1 amide bonds. The minimum atomic E-state index is 0.0696. The maximum atomic E-state index is 12.1. The van der Waals surface area contributed by atoms with Gasteiger partial charge in [0.25, 0.3) is 0 Å². The quantitative estimate of drug-likeness (QED) is 0.808. The number of rotatable bonds is 5. The zero-order valence-corrected chi connectivity index (χ0v) is 12.8. The fraction of sp³-hybridized carbons (Fsp3) is 0.562. The van der Waals surface area contributed by atoms with Gasteiger partial charge in [-0.1, -0.05) is 12.1 Å². The first-order chi connectivity index (χ1) is 10.1. The van der Waals surface area contributed by atoms with Crippen molar-refractivity contribution in [2.75, 3.05) is 32.5 Å². The van der Waals surface area contributed by atoms with Gasteiger partial charge in [-0.15, -0.1) is 0 Å². The molecule has 1 saturated heterocycles. The van der Waals surface area contributed by atoms with Gasteiger partial charge in [-0.05, 0) is 44.5 Å². The second-order valence-electron chi connectivity index (χ2n) is 5.72. The van der Waals surface area contributed by atoms with E-state index < -0.39 is 0 Å². The lowest BCUT2D eigenvalue weighted by Crippen LogP contribution is -2.43. The third kappa shape index (κ3) is 4.72. The summed E-state index contributed by atoms with van der Waals surface area (Å²) in [5, 5.41) is 3.08. The molecule has 0 saturated carbocycles. The van der Waals surface area contributed by atoms with Crippen LogP contribution in [0.25, 0.3) is 0 Å². The molecule has 5 heteroatoms. The number of carbonyl (C=O) groups is 1. The highest BCUT2D eigenvalue weighted by atomic mass is 16.5. The molecular weight excluding hydrogens is 266 g/mol. The van der Waals surface area contributed by atoms with E-state index >= 15 is 0 Å². The lowest BCUT2D eigenvalue weighted by atomic mass is 10.1. The Balaban J connectivity index is 1.84. The molecule has 5 nitrogen and oxygen atoms in total. The zero-order valence-electron chi connectivity index (χ0n) is 12.8. The van der Waals surface area contributed by atoms with E-state index in [1.165, 1.54) is 0 Å². The third-order valence-electron chi connectivity index (χ3n) is 4.03. The minimum absolute atomic E-state index is 0.0696. The van der Waals surface area contributed by atoms with E-state index in [1.54, 1.807) is 0 Å². The van der Waals surface area contributed by atoms with Crippen molar-refractivity contribution in [2.45, 2.75) is 31.8 Å². The van der Waals surface area contributed by atoms with Crippen LogP contribution in [0.5, 0.6) is 0 Å². The molecule has 0 aliphatic carbocycles. The predicted octanol–water partition coefficient (Wildman–Crippen LogP) is 1.56. The lowest BCUT2D eigenvalue weighted by Gasteiger charge is -2.27. The summed E-state index contributed by atoms with van der Waals surface area (Å²) in [4.78, 5) is 14.1. The molecule has 1 atom stereocenters. The molecule has 21 heavy (non-hydrogen) atoms. The van der Waals surface area contributed by atoms with E-state index in [4.69, 9.17) is 10.5 Å². The van der Waals surface area contributed by atoms with E-state index in [9.17, 15) is 4.79 Å². The van der Waals surface area contributed by atoms with Gasteiger partial charge < -0.3 is 15.8 Å². The number of benzene rings is 1. The average Bonchev–Trinajstić information content (AvgIpc) is 2.47. The Morgan fingerprint density at radius 3 is 2.86 bits per heavy atom. The number of nitrogens with one attached hydrogen (secondary N) is 1. The highest BCUT2D eigenvalue weighted by Crippen LogP contribution is 2.20. The molecule has 1 aromatic carbocycles. The molecule has 3 N–H and O–H groups in total. The summed E-state index contributed by atoms with van der Waals surface area (Å²) in [5.41, 5.74) is 7.68. The largest absolute Gasteiger partial charge is 0.399 e.